The number of hydrogen-bond acceptors (Lipinski definition) is 7. The summed E-state index contributed by atoms with van der Waals surface area (Å²) in [4.78, 5) is 24.7. The summed E-state index contributed by atoms with van der Waals surface area (Å²) in [5.41, 5.74) is 1.95. The number of rotatable bonds is 4. The molecule has 112 valence electrons. The monoisotopic (exact) mass is 315 g/mol. The van der Waals surface area contributed by atoms with Gasteiger partial charge >= 0.3 is 0 Å². The van der Waals surface area contributed by atoms with Crippen molar-refractivity contribution in [3.05, 3.63) is 40.8 Å². The Morgan fingerprint density at radius 2 is 2.14 bits per heavy atom. The quantitative estimate of drug-likeness (QED) is 0.795. The predicted molar refractivity (Wildman–Crippen MR) is 81.7 cm³/mol. The zero-order valence-corrected chi connectivity index (χ0v) is 12.8. The lowest BCUT2D eigenvalue weighted by Crippen LogP contribution is -2.13. The van der Waals surface area contributed by atoms with Crippen LogP contribution in [0, 0.1) is 6.92 Å². The second-order valence-corrected chi connectivity index (χ2v) is 5.35. The van der Waals surface area contributed by atoms with Crippen LogP contribution in [0.2, 0.25) is 0 Å². The third kappa shape index (κ3) is 2.73. The predicted octanol–water partition coefficient (Wildman–Crippen LogP) is 2.71. The fourth-order valence-corrected chi connectivity index (χ4v) is 2.71. The molecule has 3 heterocycles. The van der Waals surface area contributed by atoms with Gasteiger partial charge in [0.25, 0.3) is 5.91 Å². The highest BCUT2D eigenvalue weighted by Crippen LogP contribution is 2.23. The van der Waals surface area contributed by atoms with Crippen LogP contribution < -0.4 is 5.32 Å². The molecule has 0 fully saturated rings. The lowest BCUT2D eigenvalue weighted by molar-refractivity contribution is 0.101. The van der Waals surface area contributed by atoms with Crippen molar-refractivity contribution in [1.82, 2.24) is 20.1 Å². The van der Waals surface area contributed by atoms with Crippen LogP contribution in [-0.2, 0) is 6.42 Å². The van der Waals surface area contributed by atoms with Gasteiger partial charge in [-0.15, -0.1) is 11.3 Å². The van der Waals surface area contributed by atoms with Crippen LogP contribution in [-0.4, -0.2) is 26.0 Å². The summed E-state index contributed by atoms with van der Waals surface area (Å²) >= 11 is 1.31. The second kappa shape index (κ2) is 6.02. The summed E-state index contributed by atoms with van der Waals surface area (Å²) in [6.45, 7) is 3.81. The maximum atomic E-state index is 12.2. The first kappa shape index (κ1) is 14.3. The molecule has 3 aromatic rings. The number of aromatic nitrogens is 4. The van der Waals surface area contributed by atoms with E-state index in [0.29, 0.717) is 22.4 Å². The smallest absolute Gasteiger partial charge is 0.277 e. The average molecular weight is 315 g/mol. The highest BCUT2D eigenvalue weighted by molar-refractivity contribution is 7.13. The minimum absolute atomic E-state index is 0.295. The maximum absolute atomic E-state index is 12.2. The van der Waals surface area contributed by atoms with Gasteiger partial charge in [0.1, 0.15) is 5.69 Å². The minimum Gasteiger partial charge on any atom is -0.338 e. The lowest BCUT2D eigenvalue weighted by atomic mass is 10.2. The van der Waals surface area contributed by atoms with E-state index in [1.54, 1.807) is 23.8 Å². The molecule has 0 aromatic carbocycles. The Kier molecular flexibility index (Phi) is 3.92. The zero-order chi connectivity index (χ0) is 15.5. The number of hydrogen-bond donors (Lipinski definition) is 1. The van der Waals surface area contributed by atoms with Crippen LogP contribution >= 0.6 is 11.3 Å². The summed E-state index contributed by atoms with van der Waals surface area (Å²) < 4.78 is 5.14. The van der Waals surface area contributed by atoms with Crippen molar-refractivity contribution in [2.45, 2.75) is 20.3 Å². The van der Waals surface area contributed by atoms with Crippen LogP contribution in [0.15, 0.2) is 28.4 Å². The van der Waals surface area contributed by atoms with Crippen LogP contribution in [0.4, 0.5) is 5.88 Å². The average Bonchev–Trinajstić information content (AvgIpc) is 3.15. The first-order valence-electron chi connectivity index (χ1n) is 6.68. The molecule has 7 nitrogen and oxygen atoms in total. The number of anilines is 1. The van der Waals surface area contributed by atoms with Crippen LogP contribution in [0.1, 0.15) is 28.7 Å². The molecule has 22 heavy (non-hydrogen) atoms. The van der Waals surface area contributed by atoms with E-state index in [1.165, 1.54) is 11.3 Å². The number of thiazole rings is 1. The molecule has 3 aromatic heterocycles. The Bertz CT molecular complexity index is 797. The molecule has 0 radical (unpaired) electrons. The van der Waals surface area contributed by atoms with Gasteiger partial charge in [-0.2, -0.15) is 0 Å². The Morgan fingerprint density at radius 3 is 2.86 bits per heavy atom. The number of aryl methyl sites for hydroxylation is 1. The summed E-state index contributed by atoms with van der Waals surface area (Å²) in [6, 6.07) is 1.73. The van der Waals surface area contributed by atoms with E-state index in [4.69, 9.17) is 4.52 Å². The van der Waals surface area contributed by atoms with E-state index in [2.05, 4.69) is 25.4 Å². The van der Waals surface area contributed by atoms with Crippen molar-refractivity contribution in [2.24, 2.45) is 0 Å². The minimum atomic E-state index is -0.343. The molecule has 8 heteroatoms. The normalized spacial score (nSPS) is 10.6. The van der Waals surface area contributed by atoms with E-state index in [-0.39, 0.29) is 5.91 Å². The molecule has 3 rings (SSSR count). The summed E-state index contributed by atoms with van der Waals surface area (Å²) in [7, 11) is 0. The topological polar surface area (TPSA) is 93.8 Å². The van der Waals surface area contributed by atoms with Gasteiger partial charge in [-0.1, -0.05) is 12.1 Å². The van der Waals surface area contributed by atoms with Crippen LogP contribution in [0.25, 0.3) is 10.8 Å². The number of nitrogens with one attached hydrogen (secondary N) is 1. The Morgan fingerprint density at radius 1 is 1.36 bits per heavy atom. The van der Waals surface area contributed by atoms with Gasteiger partial charge in [-0.25, -0.2) is 15.0 Å². The second-order valence-electron chi connectivity index (χ2n) is 4.49. The van der Waals surface area contributed by atoms with Gasteiger partial charge in [0.2, 0.25) is 5.88 Å². The molecule has 0 atom stereocenters. The SMILES string of the molecule is CCc1c(C)noc1NC(=O)c1csc(-c2ncccn2)n1. The van der Waals surface area contributed by atoms with Crippen molar-refractivity contribution in [3.63, 3.8) is 0 Å². The third-order valence-corrected chi connectivity index (χ3v) is 3.90. The first-order valence-corrected chi connectivity index (χ1v) is 7.56. The Hall–Kier alpha value is -2.61. The third-order valence-electron chi connectivity index (χ3n) is 3.06. The van der Waals surface area contributed by atoms with Crippen molar-refractivity contribution < 1.29 is 9.32 Å². The molecule has 0 unspecified atom stereocenters. The van der Waals surface area contributed by atoms with Crippen molar-refractivity contribution in [2.75, 3.05) is 5.32 Å². The zero-order valence-electron chi connectivity index (χ0n) is 12.0. The molecule has 1 amide bonds. The van der Waals surface area contributed by atoms with Crippen molar-refractivity contribution in [1.29, 1.82) is 0 Å². The van der Waals surface area contributed by atoms with Gasteiger partial charge in [0.05, 0.1) is 5.69 Å². The van der Waals surface area contributed by atoms with Crippen molar-refractivity contribution in [3.8, 4) is 10.8 Å². The van der Waals surface area contributed by atoms with Gasteiger partial charge in [-0.05, 0) is 19.4 Å². The summed E-state index contributed by atoms with van der Waals surface area (Å²) in [6.07, 6.45) is 3.99. The van der Waals surface area contributed by atoms with Crippen LogP contribution in [0.3, 0.4) is 0 Å². The number of carbonyl (C=O) groups is 1. The fourth-order valence-electron chi connectivity index (χ4n) is 1.96. The van der Waals surface area contributed by atoms with Gasteiger partial charge < -0.3 is 4.52 Å². The van der Waals surface area contributed by atoms with E-state index in [1.807, 2.05) is 13.8 Å². The molecule has 0 bridgehead atoms. The molecule has 0 aliphatic heterocycles. The molecule has 0 aliphatic rings. The molecule has 0 saturated heterocycles. The summed E-state index contributed by atoms with van der Waals surface area (Å²) in [5, 5.41) is 8.81. The van der Waals surface area contributed by atoms with E-state index >= 15 is 0 Å². The fraction of sp³-hybridized carbons (Fsp3) is 0.214. The van der Waals surface area contributed by atoms with E-state index in [0.717, 1.165) is 17.7 Å². The summed E-state index contributed by atoms with van der Waals surface area (Å²) in [5.74, 6) is 0.524. The number of amides is 1. The number of nitrogens with zero attached hydrogens (tertiary/aromatic N) is 4. The first-order chi connectivity index (χ1) is 10.7. The van der Waals surface area contributed by atoms with E-state index in [9.17, 15) is 4.79 Å². The van der Waals surface area contributed by atoms with Crippen LogP contribution in [0.5, 0.6) is 0 Å². The van der Waals surface area contributed by atoms with Gasteiger partial charge in [-0.3, -0.25) is 10.1 Å². The molecule has 1 N–H and O–H groups in total. The Labute approximate surface area is 130 Å². The number of carbonyl (C=O) groups excluding carboxylic acids is 1. The van der Waals surface area contributed by atoms with Gasteiger partial charge in [0.15, 0.2) is 10.8 Å². The molecule has 0 aliphatic carbocycles. The van der Waals surface area contributed by atoms with Crippen molar-refractivity contribution >= 4 is 23.1 Å². The molecule has 0 saturated carbocycles. The highest BCUT2D eigenvalue weighted by Gasteiger charge is 2.18. The lowest BCUT2D eigenvalue weighted by Gasteiger charge is -2.00. The standard InChI is InChI=1S/C14H13N5O2S/c1-3-9-8(2)19-21-13(9)18-12(20)10-7-22-14(17-10)11-15-5-4-6-16-11/h4-7H,3H2,1-2H3,(H,18,20). The molecular weight excluding hydrogens is 302 g/mol. The van der Waals surface area contributed by atoms with Gasteiger partial charge in [0, 0.05) is 23.3 Å². The molecular formula is C14H13N5O2S. The largest absolute Gasteiger partial charge is 0.338 e. The maximum Gasteiger partial charge on any atom is 0.277 e. The van der Waals surface area contributed by atoms with E-state index < -0.39 is 0 Å². The Balaban J connectivity index is 1.80. The highest BCUT2D eigenvalue weighted by atomic mass is 32.1. The molecule has 0 spiro atoms.